The number of primary amides is 1. The SMILES string of the molecule is NC(=O)CCC(N)C(=O)NC(CC(=O)O)C(=O)NC(CCCN=C(N)N)C(=O)O. The van der Waals surface area contributed by atoms with Gasteiger partial charge in [-0.05, 0) is 19.3 Å². The fraction of sp³-hybridized carbons (Fsp3) is 0.600. The monoisotopic (exact) mass is 417 g/mol. The van der Waals surface area contributed by atoms with E-state index in [2.05, 4.69) is 15.6 Å². The van der Waals surface area contributed by atoms with Gasteiger partial charge in [0.2, 0.25) is 17.7 Å². The molecule has 0 bridgehead atoms. The maximum Gasteiger partial charge on any atom is 0.326 e. The van der Waals surface area contributed by atoms with Crippen molar-refractivity contribution in [2.24, 2.45) is 27.9 Å². The van der Waals surface area contributed by atoms with Crippen LogP contribution in [0.15, 0.2) is 4.99 Å². The fourth-order valence-electron chi connectivity index (χ4n) is 2.12. The van der Waals surface area contributed by atoms with Gasteiger partial charge in [0, 0.05) is 13.0 Å². The van der Waals surface area contributed by atoms with E-state index in [1.54, 1.807) is 0 Å². The number of carbonyl (C=O) groups excluding carboxylic acids is 3. The second-order valence-electron chi connectivity index (χ2n) is 6.12. The topological polar surface area (TPSA) is 266 Å². The molecule has 0 aromatic rings. The minimum atomic E-state index is -1.57. The number of nitrogens with two attached hydrogens (primary N) is 4. The number of hydrogen-bond acceptors (Lipinski definition) is 7. The van der Waals surface area contributed by atoms with Crippen LogP contribution in [0.25, 0.3) is 0 Å². The lowest BCUT2D eigenvalue weighted by molar-refractivity contribution is -0.143. The molecule has 29 heavy (non-hydrogen) atoms. The highest BCUT2D eigenvalue weighted by atomic mass is 16.4. The van der Waals surface area contributed by atoms with Gasteiger partial charge in [-0.3, -0.25) is 24.2 Å². The molecule has 12 N–H and O–H groups in total. The second-order valence-corrected chi connectivity index (χ2v) is 6.12. The van der Waals surface area contributed by atoms with Crippen molar-refractivity contribution >= 4 is 35.6 Å². The standard InChI is InChI=1S/C15H27N7O7/c16-7(3-4-10(17)23)12(26)22-9(6-11(24)25)13(27)21-8(14(28)29)2-1-5-20-15(18)19/h7-9H,1-6,16H2,(H2,17,23)(H,21,27)(H,22,26)(H,24,25)(H,28,29)(H4,18,19,20). The highest BCUT2D eigenvalue weighted by Crippen LogP contribution is 2.03. The number of carboxylic acid groups (broad SMARTS) is 2. The summed E-state index contributed by atoms with van der Waals surface area (Å²) in [6, 6.07) is -4.13. The Hall–Kier alpha value is -3.42. The third-order valence-electron chi connectivity index (χ3n) is 3.61. The maximum atomic E-state index is 12.3. The molecule has 14 heteroatoms. The molecule has 0 rings (SSSR count). The van der Waals surface area contributed by atoms with Crippen LogP contribution in [-0.4, -0.2) is 70.5 Å². The maximum absolute atomic E-state index is 12.3. The van der Waals surface area contributed by atoms with Gasteiger partial charge in [0.1, 0.15) is 12.1 Å². The molecule has 0 aliphatic heterocycles. The first-order valence-electron chi connectivity index (χ1n) is 8.58. The van der Waals surface area contributed by atoms with Crippen molar-refractivity contribution in [1.29, 1.82) is 0 Å². The first kappa shape index (κ1) is 25.6. The zero-order chi connectivity index (χ0) is 22.6. The van der Waals surface area contributed by atoms with Crippen LogP contribution in [0.3, 0.4) is 0 Å². The fourth-order valence-corrected chi connectivity index (χ4v) is 2.12. The Morgan fingerprint density at radius 3 is 1.97 bits per heavy atom. The third kappa shape index (κ3) is 11.8. The molecule has 0 aliphatic rings. The van der Waals surface area contributed by atoms with E-state index in [1.165, 1.54) is 0 Å². The summed E-state index contributed by atoms with van der Waals surface area (Å²) >= 11 is 0. The van der Waals surface area contributed by atoms with Crippen LogP contribution in [0.5, 0.6) is 0 Å². The summed E-state index contributed by atoms with van der Waals surface area (Å²) < 4.78 is 0. The van der Waals surface area contributed by atoms with Gasteiger partial charge >= 0.3 is 11.9 Å². The Balaban J connectivity index is 4.99. The van der Waals surface area contributed by atoms with Crippen molar-refractivity contribution in [3.05, 3.63) is 0 Å². The second kappa shape index (κ2) is 12.9. The molecule has 0 saturated heterocycles. The zero-order valence-electron chi connectivity index (χ0n) is 15.7. The van der Waals surface area contributed by atoms with Gasteiger partial charge in [0.25, 0.3) is 0 Å². The number of nitrogens with zero attached hydrogens (tertiary/aromatic N) is 1. The number of carboxylic acids is 2. The summed E-state index contributed by atoms with van der Waals surface area (Å²) in [5.41, 5.74) is 20.8. The average molecular weight is 417 g/mol. The molecule has 164 valence electrons. The van der Waals surface area contributed by atoms with E-state index in [1.807, 2.05) is 0 Å². The van der Waals surface area contributed by atoms with Gasteiger partial charge in [0.15, 0.2) is 5.96 Å². The first-order valence-corrected chi connectivity index (χ1v) is 8.58. The number of amides is 3. The van der Waals surface area contributed by atoms with Crippen LogP contribution in [-0.2, 0) is 24.0 Å². The lowest BCUT2D eigenvalue weighted by Gasteiger charge is -2.21. The Labute approximate surface area is 166 Å². The van der Waals surface area contributed by atoms with E-state index in [0.717, 1.165) is 0 Å². The molecule has 0 saturated carbocycles. The number of rotatable bonds is 14. The summed E-state index contributed by atoms with van der Waals surface area (Å²) in [5, 5.41) is 22.5. The molecule has 0 heterocycles. The van der Waals surface area contributed by atoms with Gasteiger partial charge < -0.3 is 43.8 Å². The number of aliphatic carboxylic acids is 2. The van der Waals surface area contributed by atoms with Crippen LogP contribution in [0.2, 0.25) is 0 Å². The van der Waals surface area contributed by atoms with Gasteiger partial charge in [-0.2, -0.15) is 0 Å². The van der Waals surface area contributed by atoms with Crippen molar-refractivity contribution < 1.29 is 34.2 Å². The van der Waals surface area contributed by atoms with E-state index >= 15 is 0 Å². The Bertz CT molecular complexity index is 649. The molecule has 14 nitrogen and oxygen atoms in total. The summed E-state index contributed by atoms with van der Waals surface area (Å²) in [4.78, 5) is 61.1. The quantitative estimate of drug-likeness (QED) is 0.0774. The predicted molar refractivity (Wildman–Crippen MR) is 100 cm³/mol. The van der Waals surface area contributed by atoms with Crippen molar-refractivity contribution in [3.8, 4) is 0 Å². The lowest BCUT2D eigenvalue weighted by atomic mass is 10.1. The first-order chi connectivity index (χ1) is 13.4. The summed E-state index contributed by atoms with van der Waals surface area (Å²) in [7, 11) is 0. The summed E-state index contributed by atoms with van der Waals surface area (Å²) in [6.45, 7) is 0.131. The predicted octanol–water partition coefficient (Wildman–Crippen LogP) is -3.84. The van der Waals surface area contributed by atoms with Crippen molar-refractivity contribution in [3.63, 3.8) is 0 Å². The van der Waals surface area contributed by atoms with Crippen molar-refractivity contribution in [2.45, 2.75) is 50.2 Å². The Morgan fingerprint density at radius 2 is 1.48 bits per heavy atom. The highest BCUT2D eigenvalue weighted by molar-refractivity contribution is 5.94. The van der Waals surface area contributed by atoms with Crippen LogP contribution >= 0.6 is 0 Å². The van der Waals surface area contributed by atoms with E-state index in [-0.39, 0.29) is 38.2 Å². The average Bonchev–Trinajstić information content (AvgIpc) is 2.60. The third-order valence-corrected chi connectivity index (χ3v) is 3.61. The number of guanidine groups is 1. The minimum absolute atomic E-state index is 0.0380. The molecule has 0 fully saturated rings. The molecule has 0 spiro atoms. The van der Waals surface area contributed by atoms with Crippen LogP contribution in [0.4, 0.5) is 0 Å². The van der Waals surface area contributed by atoms with Gasteiger partial charge in [-0.25, -0.2) is 4.79 Å². The smallest absolute Gasteiger partial charge is 0.326 e. The highest BCUT2D eigenvalue weighted by Gasteiger charge is 2.29. The van der Waals surface area contributed by atoms with E-state index < -0.39 is 54.2 Å². The largest absolute Gasteiger partial charge is 0.481 e. The van der Waals surface area contributed by atoms with E-state index in [9.17, 15) is 29.1 Å². The molecule has 0 radical (unpaired) electrons. The number of nitrogens with one attached hydrogen (secondary N) is 2. The summed E-state index contributed by atoms with van der Waals surface area (Å²) in [6.07, 6.45) is -0.903. The molecular weight excluding hydrogens is 390 g/mol. The van der Waals surface area contributed by atoms with Gasteiger partial charge in [0.05, 0.1) is 12.5 Å². The Morgan fingerprint density at radius 1 is 0.897 bits per heavy atom. The zero-order valence-corrected chi connectivity index (χ0v) is 15.7. The molecule has 0 aliphatic carbocycles. The minimum Gasteiger partial charge on any atom is -0.481 e. The van der Waals surface area contributed by atoms with E-state index in [0.29, 0.717) is 0 Å². The number of hydrogen-bond donors (Lipinski definition) is 8. The van der Waals surface area contributed by atoms with Crippen molar-refractivity contribution in [1.82, 2.24) is 10.6 Å². The molecule has 3 amide bonds. The van der Waals surface area contributed by atoms with E-state index in [4.69, 9.17) is 28.0 Å². The molecule has 0 aromatic heterocycles. The normalized spacial score (nSPS) is 13.4. The van der Waals surface area contributed by atoms with Crippen molar-refractivity contribution in [2.75, 3.05) is 6.54 Å². The molecule has 0 aromatic carbocycles. The molecule has 3 atom stereocenters. The number of aliphatic imine (C=N–C) groups is 1. The van der Waals surface area contributed by atoms with Gasteiger partial charge in [-0.1, -0.05) is 0 Å². The van der Waals surface area contributed by atoms with Crippen LogP contribution in [0, 0.1) is 0 Å². The Kier molecular flexibility index (Phi) is 11.4. The van der Waals surface area contributed by atoms with Crippen LogP contribution in [0.1, 0.15) is 32.1 Å². The molecular formula is C15H27N7O7. The molecule has 3 unspecified atom stereocenters. The van der Waals surface area contributed by atoms with Gasteiger partial charge in [-0.15, -0.1) is 0 Å². The van der Waals surface area contributed by atoms with Crippen LogP contribution < -0.4 is 33.6 Å². The summed E-state index contributed by atoms with van der Waals surface area (Å²) in [5.74, 6) is -5.52. The lowest BCUT2D eigenvalue weighted by Crippen LogP contribution is -2.55. The number of carbonyl (C=O) groups is 5.